The minimum Gasteiger partial charge on any atom is -0.334 e. The number of rotatable bonds is 8. The predicted molar refractivity (Wildman–Crippen MR) is 69.6 cm³/mol. The van der Waals surface area contributed by atoms with Gasteiger partial charge in [-0.3, -0.25) is 9.05 Å². The summed E-state index contributed by atoms with van der Waals surface area (Å²) in [5.74, 6) is 0. The number of nitrogens with zero attached hydrogens (tertiary/aromatic N) is 2. The molecule has 0 radical (unpaired) electrons. The summed E-state index contributed by atoms with van der Waals surface area (Å²) in [5.41, 5.74) is 0. The van der Waals surface area contributed by atoms with Gasteiger partial charge in [-0.1, -0.05) is 13.3 Å². The first kappa shape index (κ1) is 15.5. The summed E-state index contributed by atoms with van der Waals surface area (Å²) in [5, 5.41) is 0. The molecule has 1 unspecified atom stereocenters. The Morgan fingerprint density at radius 3 is 2.28 bits per heavy atom. The third-order valence-corrected chi connectivity index (χ3v) is 4.16. The summed E-state index contributed by atoms with van der Waals surface area (Å²) in [6, 6.07) is 0. The van der Waals surface area contributed by atoms with Crippen LogP contribution in [0.15, 0.2) is 12.4 Å². The Morgan fingerprint density at radius 1 is 1.17 bits per heavy atom. The van der Waals surface area contributed by atoms with Crippen molar-refractivity contribution in [3.63, 3.8) is 0 Å². The van der Waals surface area contributed by atoms with Gasteiger partial charge in [-0.25, -0.2) is 9.09 Å². The second-order valence-corrected chi connectivity index (χ2v) is 5.80. The first-order chi connectivity index (χ1) is 8.60. The molecule has 0 bridgehead atoms. The van der Waals surface area contributed by atoms with E-state index in [1.54, 1.807) is 0 Å². The quantitative estimate of drug-likeness (QED) is 0.636. The molecule has 106 valence electrons. The van der Waals surface area contributed by atoms with Gasteiger partial charge < -0.3 is 9.80 Å². The molecule has 0 aromatic carbocycles. The fourth-order valence-electron chi connectivity index (χ4n) is 1.69. The highest BCUT2D eigenvalue weighted by Gasteiger charge is 2.35. The Morgan fingerprint density at radius 2 is 1.78 bits per heavy atom. The molecule has 1 aliphatic rings. The molecule has 1 rings (SSSR count). The zero-order chi connectivity index (χ0) is 13.6. The zero-order valence-corrected chi connectivity index (χ0v) is 12.4. The van der Waals surface area contributed by atoms with Crippen molar-refractivity contribution in [2.75, 3.05) is 27.3 Å². The van der Waals surface area contributed by atoms with E-state index in [4.69, 9.17) is 13.6 Å². The Labute approximate surface area is 109 Å². The van der Waals surface area contributed by atoms with Gasteiger partial charge in [0.25, 0.3) is 0 Å². The van der Waals surface area contributed by atoms with Gasteiger partial charge in [0, 0.05) is 39.7 Å². The van der Waals surface area contributed by atoms with E-state index in [9.17, 15) is 4.57 Å². The second kappa shape index (κ2) is 7.14. The van der Waals surface area contributed by atoms with Gasteiger partial charge in [0.05, 0.1) is 0 Å². The van der Waals surface area contributed by atoms with E-state index in [2.05, 4.69) is 6.92 Å². The first-order valence-electron chi connectivity index (χ1n) is 6.20. The molecule has 1 heterocycles. The molecule has 0 saturated heterocycles. The topological polar surface area (TPSA) is 51.2 Å². The van der Waals surface area contributed by atoms with Crippen LogP contribution in [-0.2, 0) is 18.1 Å². The highest BCUT2D eigenvalue weighted by molar-refractivity contribution is 7.48. The third-order valence-electron chi connectivity index (χ3n) is 2.82. The Kier molecular flexibility index (Phi) is 6.15. The number of unbranched alkanes of at least 4 members (excludes halogenated alkanes) is 1. The number of hydrogen-bond donors (Lipinski definition) is 0. The lowest BCUT2D eigenvalue weighted by Crippen LogP contribution is -2.40. The molecular formula is C11H23N2O4P. The minimum atomic E-state index is -3.47. The normalized spacial score (nSPS) is 19.9. The van der Waals surface area contributed by atoms with Crippen LogP contribution in [0, 0.1) is 0 Å². The van der Waals surface area contributed by atoms with E-state index in [0.717, 1.165) is 25.9 Å². The van der Waals surface area contributed by atoms with Crippen LogP contribution < -0.4 is 0 Å². The van der Waals surface area contributed by atoms with E-state index >= 15 is 0 Å². The van der Waals surface area contributed by atoms with Crippen LogP contribution in [0.1, 0.15) is 26.7 Å². The Balaban J connectivity index is 2.70. The monoisotopic (exact) mass is 278 g/mol. The van der Waals surface area contributed by atoms with Gasteiger partial charge >= 0.3 is 7.82 Å². The summed E-state index contributed by atoms with van der Waals surface area (Å²) in [6.07, 6.45) is 5.59. The maximum absolute atomic E-state index is 12.0. The molecule has 0 saturated carbocycles. The fraction of sp³-hybridized carbons (Fsp3) is 0.818. The number of hydrogen-bond acceptors (Lipinski definition) is 6. The number of phosphoric acid groups is 1. The van der Waals surface area contributed by atoms with Gasteiger partial charge in [-0.05, 0) is 13.3 Å². The van der Waals surface area contributed by atoms with E-state index < -0.39 is 14.2 Å². The average Bonchev–Trinajstić information content (AvgIpc) is 2.78. The SMILES string of the molecule is CCCCN1C=CN(CC)C1OP(=O)(OC)OC. The van der Waals surface area contributed by atoms with Crippen LogP contribution in [0.5, 0.6) is 0 Å². The molecular weight excluding hydrogens is 255 g/mol. The molecule has 18 heavy (non-hydrogen) atoms. The van der Waals surface area contributed by atoms with Crippen LogP contribution in [0.2, 0.25) is 0 Å². The van der Waals surface area contributed by atoms with Gasteiger partial charge in [-0.15, -0.1) is 0 Å². The van der Waals surface area contributed by atoms with Crippen LogP contribution >= 0.6 is 7.82 Å². The second-order valence-electron chi connectivity index (χ2n) is 3.96. The largest absolute Gasteiger partial charge is 0.477 e. The molecule has 0 aliphatic carbocycles. The lowest BCUT2D eigenvalue weighted by molar-refractivity contribution is -0.0477. The van der Waals surface area contributed by atoms with E-state index in [0.29, 0.717) is 0 Å². The molecule has 0 fully saturated rings. The standard InChI is InChI=1S/C11H23N2O4P/c1-5-7-8-13-10-9-12(6-2)11(13)17-18(14,15-3)16-4/h9-11H,5-8H2,1-4H3. The maximum atomic E-state index is 12.0. The van der Waals surface area contributed by atoms with Crippen molar-refractivity contribution in [2.24, 2.45) is 0 Å². The molecule has 6 nitrogen and oxygen atoms in total. The van der Waals surface area contributed by atoms with E-state index in [-0.39, 0.29) is 0 Å². The highest BCUT2D eigenvalue weighted by Crippen LogP contribution is 2.50. The van der Waals surface area contributed by atoms with Gasteiger partial charge in [-0.2, -0.15) is 0 Å². The van der Waals surface area contributed by atoms with Crippen molar-refractivity contribution in [1.82, 2.24) is 9.80 Å². The van der Waals surface area contributed by atoms with Crippen LogP contribution in [0.4, 0.5) is 0 Å². The van der Waals surface area contributed by atoms with Crippen molar-refractivity contribution < 1.29 is 18.1 Å². The van der Waals surface area contributed by atoms with Crippen LogP contribution in [0.3, 0.4) is 0 Å². The lowest BCUT2D eigenvalue weighted by atomic mass is 10.3. The van der Waals surface area contributed by atoms with Crippen molar-refractivity contribution >= 4 is 7.82 Å². The van der Waals surface area contributed by atoms with Crippen molar-refractivity contribution in [2.45, 2.75) is 33.0 Å². The molecule has 0 aromatic rings. The third kappa shape index (κ3) is 3.72. The summed E-state index contributed by atoms with van der Waals surface area (Å²) in [6.45, 7) is 5.75. The fourth-order valence-corrected chi connectivity index (χ4v) is 2.49. The van der Waals surface area contributed by atoms with Crippen molar-refractivity contribution in [3.8, 4) is 0 Å². The smallest absolute Gasteiger partial charge is 0.334 e. The van der Waals surface area contributed by atoms with Gasteiger partial charge in [0.2, 0.25) is 6.35 Å². The first-order valence-corrected chi connectivity index (χ1v) is 7.66. The summed E-state index contributed by atoms with van der Waals surface area (Å²) < 4.78 is 27.2. The highest BCUT2D eigenvalue weighted by atomic mass is 31.2. The summed E-state index contributed by atoms with van der Waals surface area (Å²) >= 11 is 0. The summed E-state index contributed by atoms with van der Waals surface area (Å²) in [4.78, 5) is 3.94. The van der Waals surface area contributed by atoms with Gasteiger partial charge in [0.1, 0.15) is 0 Å². The van der Waals surface area contributed by atoms with E-state index in [1.807, 2.05) is 29.1 Å². The molecule has 7 heteroatoms. The predicted octanol–water partition coefficient (Wildman–Crippen LogP) is 2.60. The Bertz CT molecular complexity index is 316. The molecule has 1 aliphatic heterocycles. The van der Waals surface area contributed by atoms with Crippen LogP contribution in [0.25, 0.3) is 0 Å². The van der Waals surface area contributed by atoms with Crippen molar-refractivity contribution in [1.29, 1.82) is 0 Å². The molecule has 0 aromatic heterocycles. The van der Waals surface area contributed by atoms with Gasteiger partial charge in [0.15, 0.2) is 0 Å². The van der Waals surface area contributed by atoms with Crippen molar-refractivity contribution in [3.05, 3.63) is 12.4 Å². The van der Waals surface area contributed by atoms with E-state index in [1.165, 1.54) is 14.2 Å². The average molecular weight is 278 g/mol. The molecule has 0 spiro atoms. The minimum absolute atomic E-state index is 0.424. The maximum Gasteiger partial charge on any atom is 0.477 e. The summed E-state index contributed by atoms with van der Waals surface area (Å²) in [7, 11) is -0.836. The molecule has 1 atom stereocenters. The molecule has 0 N–H and O–H groups in total. The lowest BCUT2D eigenvalue weighted by Gasteiger charge is -2.32. The Hall–Kier alpha value is -0.550. The molecule has 0 amide bonds. The number of phosphoric ester groups is 1. The van der Waals surface area contributed by atoms with Crippen LogP contribution in [-0.4, -0.2) is 43.5 Å². The zero-order valence-electron chi connectivity index (χ0n) is 11.5.